The third-order valence-corrected chi connectivity index (χ3v) is 3.54. The van der Waals surface area contributed by atoms with E-state index in [0.717, 1.165) is 25.7 Å². The summed E-state index contributed by atoms with van der Waals surface area (Å²) >= 11 is 0. The van der Waals surface area contributed by atoms with E-state index in [0.29, 0.717) is 17.9 Å². The maximum Gasteiger partial charge on any atom is 0.131 e. The van der Waals surface area contributed by atoms with Gasteiger partial charge in [0.25, 0.3) is 0 Å². The van der Waals surface area contributed by atoms with E-state index < -0.39 is 0 Å². The Morgan fingerprint density at radius 1 is 1.39 bits per heavy atom. The fraction of sp³-hybridized carbons (Fsp3) is 0.571. The van der Waals surface area contributed by atoms with Crippen molar-refractivity contribution in [3.63, 3.8) is 0 Å². The summed E-state index contributed by atoms with van der Waals surface area (Å²) in [6, 6.07) is 4.93. The fourth-order valence-corrected chi connectivity index (χ4v) is 2.39. The number of nitrogens with one attached hydrogen (secondary N) is 1. The summed E-state index contributed by atoms with van der Waals surface area (Å²) in [4.78, 5) is 0. The van der Waals surface area contributed by atoms with Crippen LogP contribution in [-0.4, -0.2) is 24.4 Å². The van der Waals surface area contributed by atoms with Crippen LogP contribution in [0.2, 0.25) is 0 Å². The van der Waals surface area contributed by atoms with Crippen LogP contribution in [0, 0.1) is 5.82 Å². The van der Waals surface area contributed by atoms with Crippen molar-refractivity contribution >= 4 is 0 Å². The van der Waals surface area contributed by atoms with Crippen LogP contribution < -0.4 is 10.1 Å². The third kappa shape index (κ3) is 3.21. The fourth-order valence-electron chi connectivity index (χ4n) is 2.39. The highest BCUT2D eigenvalue weighted by Gasteiger charge is 2.22. The Bertz CT molecular complexity index is 397. The first-order valence-electron chi connectivity index (χ1n) is 6.44. The van der Waals surface area contributed by atoms with Gasteiger partial charge in [-0.15, -0.1) is 0 Å². The standard InChI is InChI=1S/C14H20FNO2/c1-18-11-7-6-10(12(15)8-11)9-16-13-4-2-3-5-14(13)17/h6-8,13-14,16-17H,2-5,9H2,1H3. The molecule has 2 unspecified atom stereocenters. The quantitative estimate of drug-likeness (QED) is 0.864. The lowest BCUT2D eigenvalue weighted by molar-refractivity contribution is 0.0901. The van der Waals surface area contributed by atoms with Gasteiger partial charge in [-0.05, 0) is 18.9 Å². The van der Waals surface area contributed by atoms with Gasteiger partial charge >= 0.3 is 0 Å². The SMILES string of the molecule is COc1ccc(CNC2CCCCC2O)c(F)c1. The maximum atomic E-state index is 13.7. The van der Waals surface area contributed by atoms with E-state index in [1.165, 1.54) is 13.2 Å². The highest BCUT2D eigenvalue weighted by molar-refractivity contribution is 5.28. The van der Waals surface area contributed by atoms with Crippen LogP contribution in [0.25, 0.3) is 0 Å². The van der Waals surface area contributed by atoms with Crippen molar-refractivity contribution in [1.82, 2.24) is 5.32 Å². The van der Waals surface area contributed by atoms with Crippen molar-refractivity contribution in [3.8, 4) is 5.75 Å². The Hall–Kier alpha value is -1.13. The molecule has 0 saturated heterocycles. The zero-order chi connectivity index (χ0) is 13.0. The number of rotatable bonds is 4. The Morgan fingerprint density at radius 3 is 2.83 bits per heavy atom. The average molecular weight is 253 g/mol. The molecule has 0 radical (unpaired) electrons. The molecule has 0 aromatic heterocycles. The van der Waals surface area contributed by atoms with Gasteiger partial charge in [-0.3, -0.25) is 0 Å². The Balaban J connectivity index is 1.93. The van der Waals surface area contributed by atoms with E-state index in [1.54, 1.807) is 12.1 Å². The van der Waals surface area contributed by atoms with E-state index in [1.807, 2.05) is 0 Å². The Kier molecular flexibility index (Phi) is 4.55. The molecule has 100 valence electrons. The third-order valence-electron chi connectivity index (χ3n) is 3.54. The molecule has 0 aliphatic heterocycles. The lowest BCUT2D eigenvalue weighted by Gasteiger charge is -2.28. The summed E-state index contributed by atoms with van der Waals surface area (Å²) in [6.45, 7) is 0.442. The summed E-state index contributed by atoms with van der Waals surface area (Å²) in [5, 5.41) is 13.1. The molecule has 2 rings (SSSR count). The molecule has 0 bridgehead atoms. The molecular formula is C14H20FNO2. The summed E-state index contributed by atoms with van der Waals surface area (Å²) < 4.78 is 18.7. The first-order chi connectivity index (χ1) is 8.70. The number of halogens is 1. The number of hydrogen-bond acceptors (Lipinski definition) is 3. The van der Waals surface area contributed by atoms with Crippen molar-refractivity contribution in [3.05, 3.63) is 29.6 Å². The Labute approximate surface area is 107 Å². The minimum absolute atomic E-state index is 0.0836. The summed E-state index contributed by atoms with van der Waals surface area (Å²) in [5.41, 5.74) is 0.605. The highest BCUT2D eigenvalue weighted by atomic mass is 19.1. The molecule has 0 spiro atoms. The highest BCUT2D eigenvalue weighted by Crippen LogP contribution is 2.20. The number of aliphatic hydroxyl groups is 1. The first-order valence-corrected chi connectivity index (χ1v) is 6.44. The molecule has 2 N–H and O–H groups in total. The lowest BCUT2D eigenvalue weighted by Crippen LogP contribution is -2.41. The van der Waals surface area contributed by atoms with E-state index >= 15 is 0 Å². The molecule has 1 aliphatic rings. The van der Waals surface area contributed by atoms with Gasteiger partial charge in [0, 0.05) is 24.2 Å². The zero-order valence-corrected chi connectivity index (χ0v) is 10.7. The monoisotopic (exact) mass is 253 g/mol. The van der Waals surface area contributed by atoms with Crippen LogP contribution in [0.1, 0.15) is 31.2 Å². The van der Waals surface area contributed by atoms with Crippen molar-refractivity contribution in [2.45, 2.75) is 44.4 Å². The molecule has 0 amide bonds. The minimum atomic E-state index is -0.306. The lowest BCUT2D eigenvalue weighted by atomic mass is 9.92. The predicted octanol–water partition coefficient (Wildman–Crippen LogP) is 2.23. The summed E-state index contributed by atoms with van der Waals surface area (Å²) in [5.74, 6) is 0.251. The van der Waals surface area contributed by atoms with E-state index in [2.05, 4.69) is 5.32 Å². The molecule has 4 heteroatoms. The van der Waals surface area contributed by atoms with Gasteiger partial charge in [0.05, 0.1) is 13.2 Å². The van der Waals surface area contributed by atoms with Crippen molar-refractivity contribution in [1.29, 1.82) is 0 Å². The number of benzene rings is 1. The predicted molar refractivity (Wildman–Crippen MR) is 68.1 cm³/mol. The Morgan fingerprint density at radius 2 is 2.17 bits per heavy atom. The van der Waals surface area contributed by atoms with Gasteiger partial charge in [-0.2, -0.15) is 0 Å². The molecule has 1 saturated carbocycles. The normalized spacial score (nSPS) is 23.9. The van der Waals surface area contributed by atoms with E-state index in [-0.39, 0.29) is 18.0 Å². The smallest absolute Gasteiger partial charge is 0.131 e. The molecular weight excluding hydrogens is 233 g/mol. The summed E-state index contributed by atoms with van der Waals surface area (Å²) in [7, 11) is 1.52. The van der Waals surface area contributed by atoms with Gasteiger partial charge in [-0.25, -0.2) is 4.39 Å². The molecule has 1 aromatic rings. The second-order valence-electron chi connectivity index (χ2n) is 4.80. The van der Waals surface area contributed by atoms with Gasteiger partial charge in [-0.1, -0.05) is 18.9 Å². The molecule has 3 nitrogen and oxygen atoms in total. The molecule has 1 aliphatic carbocycles. The number of aliphatic hydroxyl groups excluding tert-OH is 1. The van der Waals surface area contributed by atoms with Crippen LogP contribution >= 0.6 is 0 Å². The largest absolute Gasteiger partial charge is 0.497 e. The molecule has 2 atom stereocenters. The van der Waals surface area contributed by atoms with Crippen LogP contribution in [-0.2, 0) is 6.54 Å². The molecule has 1 fully saturated rings. The molecule has 0 heterocycles. The van der Waals surface area contributed by atoms with Crippen LogP contribution in [0.3, 0.4) is 0 Å². The van der Waals surface area contributed by atoms with Crippen molar-refractivity contribution in [2.75, 3.05) is 7.11 Å². The van der Waals surface area contributed by atoms with E-state index in [9.17, 15) is 9.50 Å². The second-order valence-corrected chi connectivity index (χ2v) is 4.80. The average Bonchev–Trinajstić information content (AvgIpc) is 2.39. The van der Waals surface area contributed by atoms with Gasteiger partial charge in [0.2, 0.25) is 0 Å². The van der Waals surface area contributed by atoms with Crippen LogP contribution in [0.15, 0.2) is 18.2 Å². The zero-order valence-electron chi connectivity index (χ0n) is 10.7. The van der Waals surface area contributed by atoms with E-state index in [4.69, 9.17) is 4.74 Å². The maximum absolute atomic E-state index is 13.7. The van der Waals surface area contributed by atoms with Crippen LogP contribution in [0.5, 0.6) is 5.75 Å². The molecule has 18 heavy (non-hydrogen) atoms. The van der Waals surface area contributed by atoms with Gasteiger partial charge < -0.3 is 15.2 Å². The van der Waals surface area contributed by atoms with Crippen molar-refractivity contribution < 1.29 is 14.2 Å². The minimum Gasteiger partial charge on any atom is -0.497 e. The van der Waals surface area contributed by atoms with Gasteiger partial charge in [0.1, 0.15) is 11.6 Å². The van der Waals surface area contributed by atoms with Crippen LogP contribution in [0.4, 0.5) is 4.39 Å². The number of hydrogen-bond donors (Lipinski definition) is 2. The summed E-state index contributed by atoms with van der Waals surface area (Å²) in [6.07, 6.45) is 3.69. The van der Waals surface area contributed by atoms with Crippen molar-refractivity contribution in [2.24, 2.45) is 0 Å². The first kappa shape index (κ1) is 13.3. The second kappa shape index (κ2) is 6.16. The topological polar surface area (TPSA) is 41.5 Å². The van der Waals surface area contributed by atoms with Gasteiger partial charge in [0.15, 0.2) is 0 Å². The molecule has 1 aromatic carbocycles. The number of methoxy groups -OCH3 is 1. The number of ether oxygens (including phenoxy) is 1.